The number of amides is 1. The van der Waals surface area contributed by atoms with Gasteiger partial charge in [-0.1, -0.05) is 36.4 Å². The van der Waals surface area contributed by atoms with Crippen LogP contribution in [0.25, 0.3) is 0 Å². The van der Waals surface area contributed by atoms with Crippen molar-refractivity contribution in [3.05, 3.63) is 65.2 Å². The van der Waals surface area contributed by atoms with E-state index in [1.54, 1.807) is 25.2 Å². The normalized spacial score (nSPS) is 20.5. The van der Waals surface area contributed by atoms with E-state index in [-0.39, 0.29) is 16.8 Å². The quantitative estimate of drug-likeness (QED) is 0.777. The number of morpholine rings is 1. The van der Waals surface area contributed by atoms with Gasteiger partial charge in [-0.15, -0.1) is 0 Å². The third kappa shape index (κ3) is 4.27. The van der Waals surface area contributed by atoms with E-state index < -0.39 is 10.0 Å². The Morgan fingerprint density at radius 3 is 2.57 bits per heavy atom. The number of carbonyl (C=O) groups excluding carboxylic acids is 1. The van der Waals surface area contributed by atoms with Gasteiger partial charge in [0, 0.05) is 33.2 Å². The van der Waals surface area contributed by atoms with Gasteiger partial charge >= 0.3 is 0 Å². The molecule has 2 aliphatic heterocycles. The molecule has 2 aromatic rings. The predicted molar refractivity (Wildman–Crippen MR) is 113 cm³/mol. The zero-order valence-corrected chi connectivity index (χ0v) is 17.9. The molecule has 7 nitrogen and oxygen atoms in total. The van der Waals surface area contributed by atoms with E-state index >= 15 is 0 Å². The molecule has 2 aliphatic rings. The molecular weight excluding hydrogens is 402 g/mol. The molecule has 0 saturated carbocycles. The minimum Gasteiger partial charge on any atom is -0.379 e. The van der Waals surface area contributed by atoms with Crippen molar-refractivity contribution in [3.8, 4) is 0 Å². The summed E-state index contributed by atoms with van der Waals surface area (Å²) < 4.78 is 32.8. The lowest BCUT2D eigenvalue weighted by atomic mass is 9.93. The van der Waals surface area contributed by atoms with Crippen LogP contribution in [0.3, 0.4) is 0 Å². The molecule has 1 N–H and O–H groups in total. The van der Waals surface area contributed by atoms with E-state index in [2.05, 4.69) is 22.3 Å². The lowest BCUT2D eigenvalue weighted by Crippen LogP contribution is -2.49. The molecule has 1 amide bonds. The van der Waals surface area contributed by atoms with Gasteiger partial charge in [0.25, 0.3) is 0 Å². The second kappa shape index (κ2) is 8.85. The fourth-order valence-corrected chi connectivity index (χ4v) is 5.62. The maximum absolute atomic E-state index is 13.0. The van der Waals surface area contributed by atoms with Crippen molar-refractivity contribution in [3.63, 3.8) is 0 Å². The van der Waals surface area contributed by atoms with Crippen molar-refractivity contribution in [2.24, 2.45) is 0 Å². The zero-order valence-electron chi connectivity index (χ0n) is 17.1. The Bertz CT molecular complexity index is 1020. The van der Waals surface area contributed by atoms with Crippen LogP contribution in [0.15, 0.2) is 53.4 Å². The Hall–Kier alpha value is -2.26. The Labute approximate surface area is 177 Å². The number of rotatable bonds is 5. The molecule has 1 unspecified atom stereocenters. The molecule has 0 spiro atoms. The fourth-order valence-electron chi connectivity index (χ4n) is 4.14. The number of fused-ring (bicyclic) bond motifs is 1. The highest BCUT2D eigenvalue weighted by atomic mass is 32.2. The Morgan fingerprint density at radius 2 is 1.83 bits per heavy atom. The second-order valence-electron chi connectivity index (χ2n) is 7.67. The zero-order chi connectivity index (χ0) is 21.1. The summed E-state index contributed by atoms with van der Waals surface area (Å²) in [6.45, 7) is 2.72. The highest BCUT2D eigenvalue weighted by Gasteiger charge is 2.31. The first-order valence-electron chi connectivity index (χ1n) is 10.2. The summed E-state index contributed by atoms with van der Waals surface area (Å²) in [5.41, 5.74) is 3.26. The number of hydrogen-bond acceptors (Lipinski definition) is 5. The van der Waals surface area contributed by atoms with Gasteiger partial charge < -0.3 is 10.1 Å². The number of benzene rings is 2. The Morgan fingerprint density at radius 1 is 1.10 bits per heavy atom. The first-order chi connectivity index (χ1) is 14.5. The van der Waals surface area contributed by atoms with Gasteiger partial charge in [-0.05, 0) is 35.2 Å². The summed E-state index contributed by atoms with van der Waals surface area (Å²) in [7, 11) is -1.90. The molecule has 2 aromatic carbocycles. The highest BCUT2D eigenvalue weighted by Crippen LogP contribution is 2.26. The molecule has 0 aliphatic carbocycles. The van der Waals surface area contributed by atoms with Gasteiger partial charge in [0.15, 0.2) is 0 Å². The van der Waals surface area contributed by atoms with Crippen LogP contribution in [0.4, 0.5) is 0 Å². The molecule has 160 valence electrons. The molecule has 4 rings (SSSR count). The summed E-state index contributed by atoms with van der Waals surface area (Å²) in [6.07, 6.45) is 0.640. The summed E-state index contributed by atoms with van der Waals surface area (Å²) in [4.78, 5) is 14.9. The Balaban J connectivity index is 1.58. The van der Waals surface area contributed by atoms with E-state index in [4.69, 9.17) is 4.74 Å². The topological polar surface area (TPSA) is 79.0 Å². The molecule has 0 aromatic heterocycles. The summed E-state index contributed by atoms with van der Waals surface area (Å²) in [5.74, 6) is -0.0263. The number of carbonyl (C=O) groups is 1. The van der Waals surface area contributed by atoms with E-state index in [0.717, 1.165) is 5.56 Å². The molecular formula is C22H27N3O4S. The van der Waals surface area contributed by atoms with Crippen molar-refractivity contribution in [2.75, 3.05) is 33.4 Å². The van der Waals surface area contributed by atoms with Crippen molar-refractivity contribution in [1.29, 1.82) is 0 Å². The molecule has 1 saturated heterocycles. The van der Waals surface area contributed by atoms with Gasteiger partial charge in [0.1, 0.15) is 0 Å². The van der Waals surface area contributed by atoms with Crippen LogP contribution in [-0.2, 0) is 39.1 Å². The summed E-state index contributed by atoms with van der Waals surface area (Å²) in [6, 6.07) is 14.9. The second-order valence-corrected chi connectivity index (χ2v) is 9.61. The monoisotopic (exact) mass is 429 g/mol. The lowest BCUT2D eigenvalue weighted by Gasteiger charge is -2.36. The van der Waals surface area contributed by atoms with Gasteiger partial charge in [-0.3, -0.25) is 9.69 Å². The van der Waals surface area contributed by atoms with Crippen molar-refractivity contribution in [2.45, 2.75) is 30.4 Å². The van der Waals surface area contributed by atoms with E-state index in [9.17, 15) is 13.2 Å². The number of ether oxygens (including phenoxy) is 1. The van der Waals surface area contributed by atoms with Crippen LogP contribution in [0.2, 0.25) is 0 Å². The SMILES string of the molecule is CNC(=O)C1Cc2ccccc2CN1Cc1cccc(S(=O)(=O)N2CCOCC2)c1. The molecule has 1 atom stereocenters. The van der Waals surface area contributed by atoms with Crippen molar-refractivity contribution >= 4 is 15.9 Å². The third-order valence-corrected chi connectivity index (χ3v) is 7.68. The molecule has 30 heavy (non-hydrogen) atoms. The minimum atomic E-state index is -3.55. The van der Waals surface area contributed by atoms with Crippen LogP contribution in [0.1, 0.15) is 16.7 Å². The standard InChI is InChI=1S/C22H27N3O4S/c1-23-22(26)21-14-18-6-2-3-7-19(18)16-24(21)15-17-5-4-8-20(13-17)30(27,28)25-9-11-29-12-10-25/h2-8,13,21H,9-12,14-16H2,1H3,(H,23,26). The predicted octanol–water partition coefficient (Wildman–Crippen LogP) is 1.38. The largest absolute Gasteiger partial charge is 0.379 e. The van der Waals surface area contributed by atoms with E-state index in [0.29, 0.717) is 45.8 Å². The first kappa shape index (κ1) is 21.0. The smallest absolute Gasteiger partial charge is 0.243 e. The highest BCUT2D eigenvalue weighted by molar-refractivity contribution is 7.89. The van der Waals surface area contributed by atoms with E-state index in [1.807, 2.05) is 18.2 Å². The maximum atomic E-state index is 13.0. The Kier molecular flexibility index (Phi) is 6.19. The summed E-state index contributed by atoms with van der Waals surface area (Å²) >= 11 is 0. The summed E-state index contributed by atoms with van der Waals surface area (Å²) in [5, 5.41) is 2.76. The van der Waals surface area contributed by atoms with Crippen LogP contribution in [0, 0.1) is 0 Å². The average molecular weight is 430 g/mol. The average Bonchev–Trinajstić information content (AvgIpc) is 2.79. The minimum absolute atomic E-state index is 0.0263. The van der Waals surface area contributed by atoms with Gasteiger partial charge in [0.05, 0.1) is 24.2 Å². The molecule has 0 radical (unpaired) electrons. The first-order valence-corrected chi connectivity index (χ1v) is 11.6. The number of sulfonamides is 1. The van der Waals surface area contributed by atoms with E-state index in [1.165, 1.54) is 15.4 Å². The van der Waals surface area contributed by atoms with Gasteiger partial charge in [-0.2, -0.15) is 4.31 Å². The molecule has 0 bridgehead atoms. The van der Waals surface area contributed by atoms with Gasteiger partial charge in [0.2, 0.25) is 15.9 Å². The maximum Gasteiger partial charge on any atom is 0.243 e. The third-order valence-electron chi connectivity index (χ3n) is 5.79. The van der Waals surface area contributed by atoms with Crippen LogP contribution >= 0.6 is 0 Å². The fraction of sp³-hybridized carbons (Fsp3) is 0.409. The van der Waals surface area contributed by atoms with Gasteiger partial charge in [-0.25, -0.2) is 8.42 Å². The number of nitrogens with zero attached hydrogens (tertiary/aromatic N) is 2. The molecule has 1 fully saturated rings. The number of nitrogens with one attached hydrogen (secondary N) is 1. The molecule has 2 heterocycles. The van der Waals surface area contributed by atoms with Crippen LogP contribution in [-0.4, -0.2) is 62.9 Å². The van der Waals surface area contributed by atoms with Crippen LogP contribution in [0.5, 0.6) is 0 Å². The number of hydrogen-bond donors (Lipinski definition) is 1. The van der Waals surface area contributed by atoms with Crippen molar-refractivity contribution < 1.29 is 17.9 Å². The van der Waals surface area contributed by atoms with Crippen LogP contribution < -0.4 is 5.32 Å². The van der Waals surface area contributed by atoms with Crippen molar-refractivity contribution in [1.82, 2.24) is 14.5 Å². The number of likely N-dealkylation sites (N-methyl/N-ethyl adjacent to an activating group) is 1. The molecule has 8 heteroatoms. The lowest BCUT2D eigenvalue weighted by molar-refractivity contribution is -0.126.